The average Bonchev–Trinajstić information content (AvgIpc) is 2.96. The topological polar surface area (TPSA) is 80.4 Å². The van der Waals surface area contributed by atoms with Crippen LogP contribution in [0.2, 0.25) is 0 Å². The lowest BCUT2D eigenvalue weighted by molar-refractivity contribution is -0.386. The molecule has 1 aromatic carbocycles. The Kier molecular flexibility index (Phi) is 2.57. The summed E-state index contributed by atoms with van der Waals surface area (Å²) in [5, 5.41) is 19.6. The predicted octanol–water partition coefficient (Wildman–Crippen LogP) is 2.24. The summed E-state index contributed by atoms with van der Waals surface area (Å²) in [4.78, 5) is 20.9. The molecule has 0 amide bonds. The SMILES string of the molecule is O=C(O)CC1(c2c(F)cccc2[N+](=O)[O-])CC1. The lowest BCUT2D eigenvalue weighted by Crippen LogP contribution is -2.16. The van der Waals surface area contributed by atoms with E-state index in [9.17, 15) is 19.3 Å². The first-order valence-electron chi connectivity index (χ1n) is 5.11. The molecule has 0 atom stereocenters. The number of rotatable bonds is 4. The number of carboxylic acid groups (broad SMARTS) is 1. The van der Waals surface area contributed by atoms with Gasteiger partial charge in [-0.05, 0) is 18.9 Å². The van der Waals surface area contributed by atoms with Gasteiger partial charge in [-0.1, -0.05) is 6.07 Å². The zero-order chi connectivity index (χ0) is 12.6. The van der Waals surface area contributed by atoms with Gasteiger partial charge in [-0.25, -0.2) is 4.39 Å². The fourth-order valence-corrected chi connectivity index (χ4v) is 2.15. The molecular formula is C11H10FNO4. The van der Waals surface area contributed by atoms with E-state index >= 15 is 0 Å². The molecule has 90 valence electrons. The maximum Gasteiger partial charge on any atom is 0.304 e. The van der Waals surface area contributed by atoms with Crippen molar-refractivity contribution in [1.29, 1.82) is 0 Å². The van der Waals surface area contributed by atoms with Gasteiger partial charge in [0.05, 0.1) is 16.9 Å². The third-order valence-corrected chi connectivity index (χ3v) is 3.06. The summed E-state index contributed by atoms with van der Waals surface area (Å²) in [5.41, 5.74) is -1.28. The van der Waals surface area contributed by atoms with Crippen LogP contribution < -0.4 is 0 Å². The summed E-state index contributed by atoms with van der Waals surface area (Å²) in [6.45, 7) is 0. The molecule has 0 heterocycles. The quantitative estimate of drug-likeness (QED) is 0.645. The summed E-state index contributed by atoms with van der Waals surface area (Å²) < 4.78 is 13.7. The van der Waals surface area contributed by atoms with E-state index in [1.165, 1.54) is 12.1 Å². The highest BCUT2D eigenvalue weighted by atomic mass is 19.1. The fraction of sp³-hybridized carbons (Fsp3) is 0.364. The Hall–Kier alpha value is -1.98. The van der Waals surface area contributed by atoms with Crippen LogP contribution in [0.1, 0.15) is 24.8 Å². The molecule has 0 radical (unpaired) electrons. The Labute approximate surface area is 96.0 Å². The van der Waals surface area contributed by atoms with E-state index in [1.807, 2.05) is 0 Å². The van der Waals surface area contributed by atoms with Crippen LogP contribution in [-0.4, -0.2) is 16.0 Å². The summed E-state index contributed by atoms with van der Waals surface area (Å²) >= 11 is 0. The molecule has 6 heteroatoms. The molecule has 2 rings (SSSR count). The second-order valence-electron chi connectivity index (χ2n) is 4.24. The molecule has 1 aliphatic carbocycles. The molecule has 0 aliphatic heterocycles. The molecule has 1 saturated carbocycles. The molecule has 17 heavy (non-hydrogen) atoms. The second kappa shape index (κ2) is 3.80. The van der Waals surface area contributed by atoms with Crippen LogP contribution in [0.15, 0.2) is 18.2 Å². The van der Waals surface area contributed by atoms with Crippen LogP contribution >= 0.6 is 0 Å². The molecule has 0 bridgehead atoms. The Balaban J connectivity index is 2.51. The Bertz CT molecular complexity index is 496. The molecule has 1 N–H and O–H groups in total. The van der Waals surface area contributed by atoms with Crippen molar-refractivity contribution >= 4 is 11.7 Å². The third-order valence-electron chi connectivity index (χ3n) is 3.06. The number of nitro groups is 1. The van der Waals surface area contributed by atoms with Crippen LogP contribution in [0.3, 0.4) is 0 Å². The van der Waals surface area contributed by atoms with Crippen LogP contribution in [-0.2, 0) is 10.2 Å². The minimum atomic E-state index is -1.07. The number of carbonyl (C=O) groups is 1. The number of aliphatic carboxylic acids is 1. The number of carboxylic acids is 1. The lowest BCUT2D eigenvalue weighted by atomic mass is 9.90. The van der Waals surface area contributed by atoms with Crippen LogP contribution in [0.25, 0.3) is 0 Å². The van der Waals surface area contributed by atoms with Crippen molar-refractivity contribution in [1.82, 2.24) is 0 Å². The lowest BCUT2D eigenvalue weighted by Gasteiger charge is -2.13. The third kappa shape index (κ3) is 1.98. The molecule has 0 unspecified atom stereocenters. The van der Waals surface area contributed by atoms with Crippen molar-refractivity contribution in [2.75, 3.05) is 0 Å². The van der Waals surface area contributed by atoms with Crippen molar-refractivity contribution < 1.29 is 19.2 Å². The van der Waals surface area contributed by atoms with Gasteiger partial charge in [0.25, 0.3) is 5.69 Å². The smallest absolute Gasteiger partial charge is 0.304 e. The largest absolute Gasteiger partial charge is 0.481 e. The molecule has 0 aromatic heterocycles. The van der Waals surface area contributed by atoms with E-state index < -0.39 is 22.1 Å². The van der Waals surface area contributed by atoms with Gasteiger partial charge < -0.3 is 5.11 Å². The highest BCUT2D eigenvalue weighted by Crippen LogP contribution is 2.54. The van der Waals surface area contributed by atoms with E-state index in [2.05, 4.69) is 0 Å². The highest BCUT2D eigenvalue weighted by Gasteiger charge is 2.51. The predicted molar refractivity (Wildman–Crippen MR) is 56.2 cm³/mol. The number of hydrogen-bond acceptors (Lipinski definition) is 3. The maximum atomic E-state index is 13.7. The molecule has 0 spiro atoms. The van der Waals surface area contributed by atoms with Gasteiger partial charge in [0.1, 0.15) is 5.82 Å². The van der Waals surface area contributed by atoms with E-state index in [0.29, 0.717) is 12.8 Å². The van der Waals surface area contributed by atoms with Gasteiger partial charge in [-0.15, -0.1) is 0 Å². The first-order valence-corrected chi connectivity index (χ1v) is 5.11. The van der Waals surface area contributed by atoms with Gasteiger partial charge in [0.2, 0.25) is 0 Å². The van der Waals surface area contributed by atoms with Crippen LogP contribution in [0, 0.1) is 15.9 Å². The van der Waals surface area contributed by atoms with Gasteiger partial charge in [0.15, 0.2) is 0 Å². The standard InChI is InChI=1S/C11H10FNO4/c12-7-2-1-3-8(13(16)17)10(7)11(4-5-11)6-9(14)15/h1-3H,4-6H2,(H,14,15). The Morgan fingerprint density at radius 1 is 1.53 bits per heavy atom. The monoisotopic (exact) mass is 239 g/mol. The first kappa shape index (κ1) is 11.5. The zero-order valence-electron chi connectivity index (χ0n) is 8.85. The minimum absolute atomic E-state index is 0.0626. The average molecular weight is 239 g/mol. The van der Waals surface area contributed by atoms with Crippen LogP contribution in [0.5, 0.6) is 0 Å². The molecular weight excluding hydrogens is 229 g/mol. The van der Waals surface area contributed by atoms with E-state index in [4.69, 9.17) is 5.11 Å². The van der Waals surface area contributed by atoms with Crippen LogP contribution in [0.4, 0.5) is 10.1 Å². The molecule has 5 nitrogen and oxygen atoms in total. The number of nitrogens with zero attached hydrogens (tertiary/aromatic N) is 1. The second-order valence-corrected chi connectivity index (χ2v) is 4.24. The zero-order valence-corrected chi connectivity index (χ0v) is 8.85. The van der Waals surface area contributed by atoms with Gasteiger partial charge in [0, 0.05) is 11.5 Å². The van der Waals surface area contributed by atoms with Crippen molar-refractivity contribution in [3.63, 3.8) is 0 Å². The van der Waals surface area contributed by atoms with Crippen molar-refractivity contribution in [2.24, 2.45) is 0 Å². The Morgan fingerprint density at radius 3 is 2.65 bits per heavy atom. The van der Waals surface area contributed by atoms with Crippen molar-refractivity contribution in [2.45, 2.75) is 24.7 Å². The van der Waals surface area contributed by atoms with Gasteiger partial charge >= 0.3 is 5.97 Å². The van der Waals surface area contributed by atoms with E-state index in [-0.39, 0.29) is 17.7 Å². The number of benzene rings is 1. The fourth-order valence-electron chi connectivity index (χ4n) is 2.15. The highest BCUT2D eigenvalue weighted by molar-refractivity contribution is 5.71. The molecule has 0 saturated heterocycles. The molecule has 1 aromatic rings. The molecule has 1 aliphatic rings. The summed E-state index contributed by atoms with van der Waals surface area (Å²) in [6.07, 6.45) is 0.677. The van der Waals surface area contributed by atoms with Gasteiger partial charge in [-0.3, -0.25) is 14.9 Å². The van der Waals surface area contributed by atoms with E-state index in [1.54, 1.807) is 0 Å². The van der Waals surface area contributed by atoms with E-state index in [0.717, 1.165) is 6.07 Å². The van der Waals surface area contributed by atoms with Gasteiger partial charge in [-0.2, -0.15) is 0 Å². The maximum absolute atomic E-state index is 13.7. The Morgan fingerprint density at radius 2 is 2.18 bits per heavy atom. The summed E-state index contributed by atoms with van der Waals surface area (Å²) in [7, 11) is 0. The first-order chi connectivity index (χ1) is 7.96. The minimum Gasteiger partial charge on any atom is -0.481 e. The van der Waals surface area contributed by atoms with Crippen molar-refractivity contribution in [3.8, 4) is 0 Å². The number of nitro benzene ring substituents is 1. The summed E-state index contributed by atoms with van der Waals surface area (Å²) in [6, 6.07) is 3.60. The number of hydrogen-bond donors (Lipinski definition) is 1. The van der Waals surface area contributed by atoms with Crippen molar-refractivity contribution in [3.05, 3.63) is 39.7 Å². The molecule has 1 fully saturated rings. The summed E-state index contributed by atoms with van der Waals surface area (Å²) in [5.74, 6) is -1.77. The normalized spacial score (nSPS) is 16.5. The number of halogens is 1.